The molecule has 212 valence electrons. The molecule has 0 bridgehead atoms. The van der Waals surface area contributed by atoms with Crippen LogP contribution in [-0.2, 0) is 5.41 Å². The van der Waals surface area contributed by atoms with E-state index in [4.69, 9.17) is 0 Å². The molecular weight excluding hydrogens is 540 g/mol. The van der Waals surface area contributed by atoms with Gasteiger partial charge in [-0.05, 0) is 88.0 Å². The summed E-state index contributed by atoms with van der Waals surface area (Å²) in [4.78, 5) is 0. The highest BCUT2D eigenvalue weighted by atomic mass is 14.4. The van der Waals surface area contributed by atoms with Crippen molar-refractivity contribution in [2.24, 2.45) is 0 Å². The molecule has 8 aromatic rings. The fraction of sp³-hybridized carbons (Fsp3) is 0.0667. The first kappa shape index (κ1) is 26.0. The smallest absolute Gasteiger partial charge is 0.0159 e. The van der Waals surface area contributed by atoms with Gasteiger partial charge < -0.3 is 0 Å². The maximum atomic E-state index is 2.36. The molecule has 1 aliphatic carbocycles. The van der Waals surface area contributed by atoms with Crippen LogP contribution in [0.1, 0.15) is 25.0 Å². The Morgan fingerprint density at radius 1 is 0.289 bits per heavy atom. The van der Waals surface area contributed by atoms with Crippen LogP contribution in [0.15, 0.2) is 158 Å². The predicted octanol–water partition coefficient (Wildman–Crippen LogP) is 12.5. The molecule has 0 fully saturated rings. The SMILES string of the molecule is CC1(C)c2ccccc2-c2c1ccc1c(-c3ccc(-c4c5ccccc5c(-c5ccccc5)c5ccccc45)cc3)cccc21. The Kier molecular flexibility index (Phi) is 5.64. The van der Waals surface area contributed by atoms with E-state index in [0.29, 0.717) is 0 Å². The van der Waals surface area contributed by atoms with Crippen LogP contribution in [0.4, 0.5) is 0 Å². The van der Waals surface area contributed by atoms with Gasteiger partial charge >= 0.3 is 0 Å². The normalized spacial score (nSPS) is 13.3. The molecule has 0 spiro atoms. The van der Waals surface area contributed by atoms with Crippen LogP contribution < -0.4 is 0 Å². The highest BCUT2D eigenvalue weighted by Crippen LogP contribution is 2.52. The number of fused-ring (bicyclic) bond motifs is 7. The Balaban J connectivity index is 1.22. The standard InChI is InChI=1S/C45H32/c1-45(2)40-22-11-10-19-39(40)44-34-21-12-20-32(33(34)27-28-41(44)45)29-23-25-31(26-24-29)43-37-17-8-6-15-35(37)42(30-13-4-3-5-14-30)36-16-7-9-18-38(36)43/h3-28H,1-2H3. The van der Waals surface area contributed by atoms with Crippen molar-refractivity contribution < 1.29 is 0 Å². The third-order valence-corrected chi connectivity index (χ3v) is 10.1. The van der Waals surface area contributed by atoms with E-state index in [2.05, 4.69) is 172 Å². The summed E-state index contributed by atoms with van der Waals surface area (Å²) in [6, 6.07) is 58.2. The summed E-state index contributed by atoms with van der Waals surface area (Å²) in [7, 11) is 0. The molecule has 1 aliphatic rings. The maximum absolute atomic E-state index is 2.36. The predicted molar refractivity (Wildman–Crippen MR) is 193 cm³/mol. The monoisotopic (exact) mass is 572 g/mol. The molecule has 9 rings (SSSR count). The first-order chi connectivity index (χ1) is 22.1. The summed E-state index contributed by atoms with van der Waals surface area (Å²) in [5.41, 5.74) is 13.2. The molecule has 0 N–H and O–H groups in total. The van der Waals surface area contributed by atoms with E-state index in [1.165, 1.54) is 88.0 Å². The number of hydrogen-bond donors (Lipinski definition) is 0. The molecule has 0 aliphatic heterocycles. The molecule has 0 nitrogen and oxygen atoms in total. The molecule has 0 radical (unpaired) electrons. The minimum atomic E-state index is -0.000618. The van der Waals surface area contributed by atoms with Crippen LogP contribution in [0.3, 0.4) is 0 Å². The second-order valence-corrected chi connectivity index (χ2v) is 12.8. The molecule has 0 amide bonds. The maximum Gasteiger partial charge on any atom is 0.0159 e. The highest BCUT2D eigenvalue weighted by Gasteiger charge is 2.36. The van der Waals surface area contributed by atoms with E-state index in [1.54, 1.807) is 0 Å². The van der Waals surface area contributed by atoms with Crippen molar-refractivity contribution in [1.82, 2.24) is 0 Å². The Morgan fingerprint density at radius 3 is 1.40 bits per heavy atom. The largest absolute Gasteiger partial charge is 0.0622 e. The molecule has 0 heteroatoms. The second kappa shape index (κ2) is 9.78. The van der Waals surface area contributed by atoms with Crippen molar-refractivity contribution in [3.63, 3.8) is 0 Å². The average Bonchev–Trinajstić information content (AvgIpc) is 3.34. The molecule has 45 heavy (non-hydrogen) atoms. The van der Waals surface area contributed by atoms with Gasteiger partial charge in [0.15, 0.2) is 0 Å². The summed E-state index contributed by atoms with van der Waals surface area (Å²) in [5, 5.41) is 7.77. The number of benzene rings is 8. The highest BCUT2D eigenvalue weighted by molar-refractivity contribution is 6.21. The Bertz CT molecular complexity index is 2370. The summed E-state index contributed by atoms with van der Waals surface area (Å²) in [6.45, 7) is 4.71. The van der Waals surface area contributed by atoms with Crippen molar-refractivity contribution in [2.45, 2.75) is 19.3 Å². The summed E-state index contributed by atoms with van der Waals surface area (Å²) < 4.78 is 0. The fourth-order valence-corrected chi connectivity index (χ4v) is 7.98. The van der Waals surface area contributed by atoms with Crippen molar-refractivity contribution in [1.29, 1.82) is 0 Å². The van der Waals surface area contributed by atoms with Gasteiger partial charge in [-0.15, -0.1) is 0 Å². The van der Waals surface area contributed by atoms with E-state index < -0.39 is 0 Å². The third kappa shape index (κ3) is 3.79. The minimum absolute atomic E-state index is 0.000618. The molecule has 0 aromatic heterocycles. The molecule has 0 unspecified atom stereocenters. The van der Waals surface area contributed by atoms with Gasteiger partial charge in [0.25, 0.3) is 0 Å². The van der Waals surface area contributed by atoms with Crippen LogP contribution in [0.2, 0.25) is 0 Å². The third-order valence-electron chi connectivity index (χ3n) is 10.1. The van der Waals surface area contributed by atoms with Gasteiger partial charge in [0.1, 0.15) is 0 Å². The number of hydrogen-bond acceptors (Lipinski definition) is 0. The van der Waals surface area contributed by atoms with Gasteiger partial charge in [-0.3, -0.25) is 0 Å². The van der Waals surface area contributed by atoms with Gasteiger partial charge in [0.05, 0.1) is 0 Å². The lowest BCUT2D eigenvalue weighted by Crippen LogP contribution is -2.14. The van der Waals surface area contributed by atoms with Crippen molar-refractivity contribution in [3.8, 4) is 44.5 Å². The van der Waals surface area contributed by atoms with Crippen LogP contribution in [0, 0.1) is 0 Å². The molecular formula is C45H32. The van der Waals surface area contributed by atoms with E-state index in [9.17, 15) is 0 Å². The summed E-state index contributed by atoms with van der Waals surface area (Å²) in [5.74, 6) is 0. The summed E-state index contributed by atoms with van der Waals surface area (Å²) >= 11 is 0. The first-order valence-corrected chi connectivity index (χ1v) is 15.9. The molecule has 0 saturated heterocycles. The molecule has 0 saturated carbocycles. The van der Waals surface area contributed by atoms with Crippen molar-refractivity contribution in [3.05, 3.63) is 169 Å². The van der Waals surface area contributed by atoms with Crippen molar-refractivity contribution >= 4 is 32.3 Å². The molecule has 0 atom stereocenters. The lowest BCUT2D eigenvalue weighted by Gasteiger charge is -2.21. The first-order valence-electron chi connectivity index (χ1n) is 15.9. The Morgan fingerprint density at radius 2 is 0.756 bits per heavy atom. The zero-order valence-electron chi connectivity index (χ0n) is 25.5. The van der Waals surface area contributed by atoms with Crippen LogP contribution in [0.5, 0.6) is 0 Å². The van der Waals surface area contributed by atoms with E-state index in [-0.39, 0.29) is 5.41 Å². The zero-order chi connectivity index (χ0) is 30.1. The minimum Gasteiger partial charge on any atom is -0.0622 e. The second-order valence-electron chi connectivity index (χ2n) is 12.8. The van der Waals surface area contributed by atoms with Crippen molar-refractivity contribution in [2.75, 3.05) is 0 Å². The van der Waals surface area contributed by atoms with Crippen LogP contribution in [0.25, 0.3) is 76.8 Å². The zero-order valence-corrected chi connectivity index (χ0v) is 25.5. The molecule has 8 aromatic carbocycles. The van der Waals surface area contributed by atoms with E-state index in [0.717, 1.165) is 0 Å². The summed E-state index contributed by atoms with van der Waals surface area (Å²) in [6.07, 6.45) is 0. The van der Waals surface area contributed by atoms with Crippen LogP contribution >= 0.6 is 0 Å². The number of rotatable bonds is 3. The average molecular weight is 573 g/mol. The topological polar surface area (TPSA) is 0 Å². The lowest BCUT2D eigenvalue weighted by molar-refractivity contribution is 0.661. The van der Waals surface area contributed by atoms with Gasteiger partial charge in [-0.1, -0.05) is 172 Å². The fourth-order valence-electron chi connectivity index (χ4n) is 7.98. The quantitative estimate of drug-likeness (QED) is 0.185. The Labute approximate surface area is 264 Å². The van der Waals surface area contributed by atoms with Crippen LogP contribution in [-0.4, -0.2) is 0 Å². The van der Waals surface area contributed by atoms with Gasteiger partial charge in [-0.2, -0.15) is 0 Å². The van der Waals surface area contributed by atoms with Gasteiger partial charge in [0, 0.05) is 5.41 Å². The molecule has 0 heterocycles. The lowest BCUT2D eigenvalue weighted by atomic mass is 9.81. The van der Waals surface area contributed by atoms with Gasteiger partial charge in [-0.25, -0.2) is 0 Å². The van der Waals surface area contributed by atoms with E-state index in [1.807, 2.05) is 0 Å². The van der Waals surface area contributed by atoms with Gasteiger partial charge in [0.2, 0.25) is 0 Å². The van der Waals surface area contributed by atoms with E-state index >= 15 is 0 Å². The Hall–Kier alpha value is -5.46.